The van der Waals surface area contributed by atoms with Crippen molar-refractivity contribution in [2.45, 2.75) is 44.0 Å². The van der Waals surface area contributed by atoms with Gasteiger partial charge in [0.15, 0.2) is 5.82 Å². The lowest BCUT2D eigenvalue weighted by molar-refractivity contribution is -0.120. The van der Waals surface area contributed by atoms with E-state index in [0.29, 0.717) is 80.9 Å². The molecule has 3 atom stereocenters. The monoisotopic (exact) mass is 801 g/mol. The Kier molecular flexibility index (Phi) is 10.6. The SMILES string of the molecule is Nc1nnc(-c2ccccc2O)cc1N1CCO[C@H](c2ccc(C(=O)N3CCC(CN4CCC(n5ccc6c(N7CCC(=O)NC7=O)cccc65)C(F)C4)CC3)cc2)C1. The van der Waals surface area contributed by atoms with E-state index < -0.39 is 12.2 Å². The molecule has 0 bridgehead atoms. The number of nitrogens with zero attached hydrogens (tertiary/aromatic N) is 7. The number of aromatic nitrogens is 3. The van der Waals surface area contributed by atoms with Gasteiger partial charge in [-0.25, -0.2) is 9.18 Å². The number of anilines is 3. The number of morpholine rings is 1. The van der Waals surface area contributed by atoms with Gasteiger partial charge in [-0.2, -0.15) is 0 Å². The Labute approximate surface area is 341 Å². The van der Waals surface area contributed by atoms with Crippen LogP contribution < -0.4 is 20.9 Å². The molecule has 6 heterocycles. The zero-order valence-corrected chi connectivity index (χ0v) is 32.8. The third kappa shape index (κ3) is 7.79. The molecule has 2 unspecified atom stereocenters. The number of nitrogens with two attached hydrogens (primary N) is 1. The molecule has 4 saturated heterocycles. The van der Waals surface area contributed by atoms with Crippen LogP contribution in [0.1, 0.15) is 53.8 Å². The highest BCUT2D eigenvalue weighted by atomic mass is 19.1. The maximum atomic E-state index is 15.9. The zero-order valence-electron chi connectivity index (χ0n) is 32.8. The van der Waals surface area contributed by atoms with Gasteiger partial charge < -0.3 is 34.8 Å². The van der Waals surface area contributed by atoms with E-state index in [-0.39, 0.29) is 36.1 Å². The van der Waals surface area contributed by atoms with Gasteiger partial charge in [0.2, 0.25) is 5.91 Å². The van der Waals surface area contributed by atoms with E-state index in [9.17, 15) is 19.5 Å². The molecule has 15 heteroatoms. The van der Waals surface area contributed by atoms with Gasteiger partial charge in [-0.15, -0.1) is 10.2 Å². The quantitative estimate of drug-likeness (QED) is 0.182. The molecule has 0 aliphatic carbocycles. The molecular weight excluding hydrogens is 754 g/mol. The second kappa shape index (κ2) is 16.3. The number of urea groups is 1. The van der Waals surface area contributed by atoms with Crippen molar-refractivity contribution in [3.05, 3.63) is 96.2 Å². The molecule has 3 aromatic carbocycles. The smallest absolute Gasteiger partial charge is 0.328 e. The summed E-state index contributed by atoms with van der Waals surface area (Å²) in [5.74, 6) is 0.533. The molecule has 4 fully saturated rings. The number of carbonyl (C=O) groups is 3. The fraction of sp³-hybridized carbons (Fsp3) is 0.386. The van der Waals surface area contributed by atoms with E-state index in [4.69, 9.17) is 10.5 Å². The summed E-state index contributed by atoms with van der Waals surface area (Å²) in [5.41, 5.74) is 11.3. The number of nitrogen functional groups attached to an aromatic ring is 1. The number of amides is 4. The number of alkyl halides is 1. The second-order valence-corrected chi connectivity index (χ2v) is 16.0. The van der Waals surface area contributed by atoms with Gasteiger partial charge in [0.1, 0.15) is 18.0 Å². The number of hydrogen-bond donors (Lipinski definition) is 3. The molecule has 2 aromatic heterocycles. The third-order valence-corrected chi connectivity index (χ3v) is 12.4. The number of phenols is 1. The molecule has 4 aliphatic rings. The predicted octanol–water partition coefficient (Wildman–Crippen LogP) is 5.55. The van der Waals surface area contributed by atoms with Gasteiger partial charge in [-0.1, -0.05) is 30.3 Å². The molecule has 0 spiro atoms. The van der Waals surface area contributed by atoms with E-state index in [0.717, 1.165) is 53.8 Å². The summed E-state index contributed by atoms with van der Waals surface area (Å²) in [6, 6.07) is 23.4. The Balaban J connectivity index is 0.767. The first kappa shape index (κ1) is 38.5. The Morgan fingerprint density at radius 3 is 2.49 bits per heavy atom. The largest absolute Gasteiger partial charge is 0.507 e. The molecule has 9 rings (SSSR count). The molecule has 5 aromatic rings. The molecule has 4 N–H and O–H groups in total. The van der Waals surface area contributed by atoms with Crippen LogP contribution in [-0.2, 0) is 9.53 Å². The van der Waals surface area contributed by atoms with Crippen LogP contribution in [0.3, 0.4) is 0 Å². The highest BCUT2D eigenvalue weighted by molar-refractivity contribution is 6.09. The number of carbonyl (C=O) groups excluding carboxylic acids is 3. The molecule has 306 valence electrons. The van der Waals surface area contributed by atoms with Gasteiger partial charge >= 0.3 is 6.03 Å². The lowest BCUT2D eigenvalue weighted by Gasteiger charge is -2.39. The number of benzene rings is 3. The molecule has 0 saturated carbocycles. The summed E-state index contributed by atoms with van der Waals surface area (Å²) < 4.78 is 24.1. The maximum absolute atomic E-state index is 15.9. The topological polar surface area (TPSA) is 162 Å². The van der Waals surface area contributed by atoms with Crippen molar-refractivity contribution in [1.29, 1.82) is 0 Å². The summed E-state index contributed by atoms with van der Waals surface area (Å²) in [5, 5.41) is 22.0. The van der Waals surface area contributed by atoms with Crippen molar-refractivity contribution in [3.63, 3.8) is 0 Å². The Bertz CT molecular complexity index is 2360. The van der Waals surface area contributed by atoms with Crippen molar-refractivity contribution in [2.75, 3.05) is 74.5 Å². The van der Waals surface area contributed by atoms with E-state index in [1.165, 1.54) is 0 Å². The minimum atomic E-state index is -1.06. The summed E-state index contributed by atoms with van der Waals surface area (Å²) in [6.45, 7) is 5.19. The highest BCUT2D eigenvalue weighted by Crippen LogP contribution is 2.36. The molecular formula is C44H48FN9O5. The number of ether oxygens (including phenoxy) is 1. The lowest BCUT2D eigenvalue weighted by Crippen LogP contribution is -2.49. The number of fused-ring (bicyclic) bond motifs is 1. The number of para-hydroxylation sites is 1. The van der Waals surface area contributed by atoms with Gasteiger partial charge in [-0.3, -0.25) is 19.8 Å². The average molecular weight is 802 g/mol. The van der Waals surface area contributed by atoms with Crippen molar-refractivity contribution in [1.82, 2.24) is 29.9 Å². The van der Waals surface area contributed by atoms with Crippen LogP contribution in [0.4, 0.5) is 26.4 Å². The standard InChI is InChI=1S/C44H48FN9O5/c45-33-26-50(17-15-37(33)53-20-14-32-35(53)5-3-6-36(32)54-21-16-41(56)47-44(54)58)25-28-12-18-51(19-13-28)43(57)30-10-8-29(9-11-30)40-27-52(22-23-59-40)38-24-34(48-49-42(38)46)31-4-1-2-7-39(31)55/h1-11,14,20,24,28,33,37,40,55H,12-13,15-19,21-23,25-27H2,(H2,46,49)(H,47,56,58)/t33?,37?,40-/m0/s1. The van der Waals surface area contributed by atoms with E-state index in [1.54, 1.807) is 23.1 Å². The van der Waals surface area contributed by atoms with Gasteiger partial charge in [-0.05, 0) is 79.3 Å². The number of rotatable bonds is 8. The van der Waals surface area contributed by atoms with Gasteiger partial charge in [0, 0.05) is 81.5 Å². The predicted molar refractivity (Wildman–Crippen MR) is 222 cm³/mol. The van der Waals surface area contributed by atoms with Gasteiger partial charge in [0.25, 0.3) is 5.91 Å². The average Bonchev–Trinajstić information content (AvgIpc) is 3.69. The molecule has 4 amide bonds. The van der Waals surface area contributed by atoms with Crippen LogP contribution in [0.5, 0.6) is 5.75 Å². The maximum Gasteiger partial charge on any atom is 0.328 e. The lowest BCUT2D eigenvalue weighted by atomic mass is 9.93. The van der Waals surface area contributed by atoms with Crippen LogP contribution in [0.15, 0.2) is 85.1 Å². The fourth-order valence-corrected chi connectivity index (χ4v) is 9.17. The number of phenolic OH excluding ortho intramolecular Hbond substituents is 1. The van der Waals surface area contributed by atoms with E-state index in [2.05, 4.69) is 25.3 Å². The van der Waals surface area contributed by atoms with Crippen LogP contribution >= 0.6 is 0 Å². The minimum absolute atomic E-state index is 0.00895. The number of hydrogen-bond acceptors (Lipinski definition) is 10. The summed E-state index contributed by atoms with van der Waals surface area (Å²) in [6.07, 6.45) is 3.26. The zero-order chi connectivity index (χ0) is 40.6. The summed E-state index contributed by atoms with van der Waals surface area (Å²) in [4.78, 5) is 45.7. The fourth-order valence-electron chi connectivity index (χ4n) is 9.17. The summed E-state index contributed by atoms with van der Waals surface area (Å²) >= 11 is 0. The minimum Gasteiger partial charge on any atom is -0.507 e. The van der Waals surface area contributed by atoms with Crippen LogP contribution in [0.25, 0.3) is 22.2 Å². The second-order valence-electron chi connectivity index (χ2n) is 16.0. The first-order valence-corrected chi connectivity index (χ1v) is 20.4. The number of nitrogens with one attached hydrogen (secondary N) is 1. The molecule has 59 heavy (non-hydrogen) atoms. The van der Waals surface area contributed by atoms with Crippen LogP contribution in [-0.4, -0.2) is 113 Å². The number of piperidine rings is 2. The Morgan fingerprint density at radius 1 is 0.898 bits per heavy atom. The van der Waals surface area contributed by atoms with E-state index in [1.807, 2.05) is 76.3 Å². The van der Waals surface area contributed by atoms with Gasteiger partial charge in [0.05, 0.1) is 35.2 Å². The highest BCUT2D eigenvalue weighted by Gasteiger charge is 2.34. The van der Waals surface area contributed by atoms with Crippen molar-refractivity contribution >= 4 is 45.9 Å². The number of likely N-dealkylation sites (tertiary alicyclic amines) is 2. The van der Waals surface area contributed by atoms with Crippen molar-refractivity contribution in [3.8, 4) is 17.0 Å². The Morgan fingerprint density at radius 2 is 1.71 bits per heavy atom. The van der Waals surface area contributed by atoms with Crippen LogP contribution in [0.2, 0.25) is 0 Å². The van der Waals surface area contributed by atoms with Crippen molar-refractivity contribution < 1.29 is 28.6 Å². The Hall–Kier alpha value is -6.06. The molecule has 4 aliphatic heterocycles. The van der Waals surface area contributed by atoms with Crippen molar-refractivity contribution in [2.24, 2.45) is 5.92 Å². The number of imide groups is 1. The van der Waals surface area contributed by atoms with E-state index >= 15 is 4.39 Å². The summed E-state index contributed by atoms with van der Waals surface area (Å²) in [7, 11) is 0. The number of halogens is 1. The molecule has 14 nitrogen and oxygen atoms in total. The molecule has 0 radical (unpaired) electrons. The first-order chi connectivity index (χ1) is 28.7. The normalized spacial score (nSPS) is 22.2. The number of aromatic hydroxyl groups is 1. The third-order valence-electron chi connectivity index (χ3n) is 12.4. The first-order valence-electron chi connectivity index (χ1n) is 20.4. The van der Waals surface area contributed by atoms with Crippen LogP contribution in [0, 0.1) is 5.92 Å².